The average molecular weight is 324 g/mol. The fraction of sp³-hybridized carbons (Fsp3) is 0.438. The predicted octanol–water partition coefficient (Wildman–Crippen LogP) is 1.54. The molecule has 1 aliphatic heterocycles. The quantitative estimate of drug-likeness (QED) is 0.782. The molecule has 1 fully saturated rings. The topological polar surface area (TPSA) is 84.7 Å². The van der Waals surface area contributed by atoms with Crippen molar-refractivity contribution in [2.75, 3.05) is 23.3 Å². The number of fused-ring (bicyclic) bond motifs is 1. The molecule has 0 aliphatic carbocycles. The maximum absolute atomic E-state index is 4.58. The zero-order valence-electron chi connectivity index (χ0n) is 13.8. The molecule has 8 heteroatoms. The molecule has 3 aromatic heterocycles. The van der Waals surface area contributed by atoms with Crippen LogP contribution in [0.4, 0.5) is 11.8 Å². The van der Waals surface area contributed by atoms with Crippen LogP contribution in [0.1, 0.15) is 18.7 Å². The van der Waals surface area contributed by atoms with Crippen LogP contribution in [0.15, 0.2) is 24.7 Å². The van der Waals surface area contributed by atoms with Crippen LogP contribution in [-0.2, 0) is 7.05 Å². The minimum Gasteiger partial charge on any atom is -0.365 e. The Labute approximate surface area is 140 Å². The Kier molecular flexibility index (Phi) is 3.72. The van der Waals surface area contributed by atoms with Crippen molar-refractivity contribution in [1.29, 1.82) is 0 Å². The molecule has 24 heavy (non-hydrogen) atoms. The van der Waals surface area contributed by atoms with Gasteiger partial charge in [-0.25, -0.2) is 19.9 Å². The van der Waals surface area contributed by atoms with Gasteiger partial charge in [-0.05, 0) is 25.8 Å². The highest BCUT2D eigenvalue weighted by Crippen LogP contribution is 2.23. The van der Waals surface area contributed by atoms with E-state index in [0.717, 1.165) is 54.6 Å². The minimum atomic E-state index is 0.292. The highest BCUT2D eigenvalue weighted by Gasteiger charge is 2.23. The second-order valence-electron chi connectivity index (χ2n) is 6.10. The normalized spacial score (nSPS) is 18.1. The van der Waals surface area contributed by atoms with Crippen molar-refractivity contribution in [1.82, 2.24) is 29.7 Å². The van der Waals surface area contributed by atoms with Crippen LogP contribution in [0.2, 0.25) is 0 Å². The second kappa shape index (κ2) is 6.03. The first-order valence-electron chi connectivity index (χ1n) is 8.15. The zero-order valence-corrected chi connectivity index (χ0v) is 13.8. The number of nitrogens with one attached hydrogen (secondary N) is 1. The van der Waals surface area contributed by atoms with Gasteiger partial charge in [0.15, 0.2) is 5.65 Å². The lowest BCUT2D eigenvalue weighted by molar-refractivity contribution is 0.522. The standard InChI is InChI=1S/C16H20N8/c1-11-20-14(13-9-19-23(2)15(13)21-11)22-12-5-3-8-24(10-12)16-17-6-4-7-18-16/h4,6-7,9,12H,3,5,8,10H2,1-2H3,(H,20,21,22)/t12-/m1/s1. The molecule has 4 heterocycles. The number of nitrogens with zero attached hydrogens (tertiary/aromatic N) is 7. The van der Waals surface area contributed by atoms with Gasteiger partial charge in [0, 0.05) is 38.6 Å². The van der Waals surface area contributed by atoms with E-state index in [9.17, 15) is 0 Å². The predicted molar refractivity (Wildman–Crippen MR) is 91.9 cm³/mol. The van der Waals surface area contributed by atoms with Crippen molar-refractivity contribution >= 4 is 22.8 Å². The highest BCUT2D eigenvalue weighted by molar-refractivity contribution is 5.86. The van der Waals surface area contributed by atoms with Gasteiger partial charge in [-0.3, -0.25) is 4.68 Å². The molecule has 0 aromatic carbocycles. The van der Waals surface area contributed by atoms with E-state index in [2.05, 4.69) is 35.3 Å². The third kappa shape index (κ3) is 2.75. The molecule has 0 amide bonds. The summed E-state index contributed by atoms with van der Waals surface area (Å²) in [4.78, 5) is 20.0. The lowest BCUT2D eigenvalue weighted by atomic mass is 10.1. The van der Waals surface area contributed by atoms with E-state index in [-0.39, 0.29) is 0 Å². The van der Waals surface area contributed by atoms with Gasteiger partial charge in [-0.2, -0.15) is 5.10 Å². The van der Waals surface area contributed by atoms with Crippen LogP contribution >= 0.6 is 0 Å². The van der Waals surface area contributed by atoms with Gasteiger partial charge in [0.2, 0.25) is 5.95 Å². The van der Waals surface area contributed by atoms with Crippen molar-refractivity contribution in [2.24, 2.45) is 7.05 Å². The minimum absolute atomic E-state index is 0.292. The molecule has 0 saturated carbocycles. The van der Waals surface area contributed by atoms with E-state index in [1.807, 2.05) is 26.2 Å². The molecule has 0 radical (unpaired) electrons. The molecular weight excluding hydrogens is 304 g/mol. The van der Waals surface area contributed by atoms with Crippen LogP contribution in [0.5, 0.6) is 0 Å². The monoisotopic (exact) mass is 324 g/mol. The van der Waals surface area contributed by atoms with Crippen molar-refractivity contribution in [3.05, 3.63) is 30.5 Å². The van der Waals surface area contributed by atoms with Gasteiger partial charge in [0.25, 0.3) is 0 Å². The van der Waals surface area contributed by atoms with E-state index in [4.69, 9.17) is 0 Å². The summed E-state index contributed by atoms with van der Waals surface area (Å²) in [6.45, 7) is 3.74. The van der Waals surface area contributed by atoms with E-state index < -0.39 is 0 Å². The number of rotatable bonds is 3. The van der Waals surface area contributed by atoms with Gasteiger partial charge in [-0.1, -0.05) is 0 Å². The number of hydrogen-bond donors (Lipinski definition) is 1. The number of hydrogen-bond acceptors (Lipinski definition) is 7. The summed E-state index contributed by atoms with van der Waals surface area (Å²) in [5.41, 5.74) is 0.851. The number of aromatic nitrogens is 6. The summed E-state index contributed by atoms with van der Waals surface area (Å²) < 4.78 is 1.78. The van der Waals surface area contributed by atoms with Crippen LogP contribution < -0.4 is 10.2 Å². The third-order valence-corrected chi connectivity index (χ3v) is 4.30. The van der Waals surface area contributed by atoms with Crippen LogP contribution in [0, 0.1) is 6.92 Å². The fourth-order valence-corrected chi connectivity index (χ4v) is 3.17. The van der Waals surface area contributed by atoms with Gasteiger partial charge in [0.05, 0.1) is 11.6 Å². The molecular formula is C16H20N8. The average Bonchev–Trinajstić information content (AvgIpc) is 2.97. The fourth-order valence-electron chi connectivity index (χ4n) is 3.17. The number of aryl methyl sites for hydroxylation is 2. The van der Waals surface area contributed by atoms with Gasteiger partial charge < -0.3 is 10.2 Å². The summed E-state index contributed by atoms with van der Waals surface area (Å²) in [5.74, 6) is 2.38. The Hall–Kier alpha value is -2.77. The summed E-state index contributed by atoms with van der Waals surface area (Å²) in [6, 6.07) is 2.13. The van der Waals surface area contributed by atoms with E-state index in [1.54, 1.807) is 17.1 Å². The largest absolute Gasteiger partial charge is 0.365 e. The molecule has 3 aromatic rings. The summed E-state index contributed by atoms with van der Waals surface area (Å²) >= 11 is 0. The molecule has 1 aliphatic rings. The Morgan fingerprint density at radius 2 is 2.04 bits per heavy atom. The summed E-state index contributed by atoms with van der Waals surface area (Å²) in [7, 11) is 1.90. The van der Waals surface area contributed by atoms with Crippen LogP contribution in [0.3, 0.4) is 0 Å². The molecule has 1 saturated heterocycles. The molecule has 124 valence electrons. The van der Waals surface area contributed by atoms with Crippen LogP contribution in [-0.4, -0.2) is 48.8 Å². The maximum Gasteiger partial charge on any atom is 0.225 e. The van der Waals surface area contributed by atoms with Crippen molar-refractivity contribution in [3.63, 3.8) is 0 Å². The third-order valence-electron chi connectivity index (χ3n) is 4.30. The first-order chi connectivity index (χ1) is 11.7. The Morgan fingerprint density at radius 3 is 2.88 bits per heavy atom. The van der Waals surface area contributed by atoms with Crippen molar-refractivity contribution in [2.45, 2.75) is 25.8 Å². The number of piperidine rings is 1. The molecule has 1 N–H and O–H groups in total. The smallest absolute Gasteiger partial charge is 0.225 e. The van der Waals surface area contributed by atoms with Gasteiger partial charge in [0.1, 0.15) is 11.6 Å². The molecule has 8 nitrogen and oxygen atoms in total. The van der Waals surface area contributed by atoms with E-state index in [0.29, 0.717) is 6.04 Å². The first-order valence-corrected chi connectivity index (χ1v) is 8.15. The number of anilines is 2. The Morgan fingerprint density at radius 1 is 1.21 bits per heavy atom. The maximum atomic E-state index is 4.58. The van der Waals surface area contributed by atoms with E-state index in [1.165, 1.54) is 0 Å². The molecule has 0 bridgehead atoms. The molecule has 0 spiro atoms. The summed E-state index contributed by atoms with van der Waals surface area (Å²) in [6.07, 6.45) is 7.57. The zero-order chi connectivity index (χ0) is 16.5. The Bertz CT molecular complexity index is 844. The molecule has 0 unspecified atom stereocenters. The van der Waals surface area contributed by atoms with E-state index >= 15 is 0 Å². The first kappa shape index (κ1) is 14.8. The van der Waals surface area contributed by atoms with Crippen molar-refractivity contribution < 1.29 is 0 Å². The molecule has 4 rings (SSSR count). The van der Waals surface area contributed by atoms with Crippen molar-refractivity contribution in [3.8, 4) is 0 Å². The lowest BCUT2D eigenvalue weighted by Crippen LogP contribution is -2.43. The van der Waals surface area contributed by atoms with Crippen LogP contribution in [0.25, 0.3) is 11.0 Å². The summed E-state index contributed by atoms with van der Waals surface area (Å²) in [5, 5.41) is 8.83. The second-order valence-corrected chi connectivity index (χ2v) is 6.10. The molecule has 1 atom stereocenters. The van der Waals surface area contributed by atoms with Gasteiger partial charge in [-0.15, -0.1) is 0 Å². The highest BCUT2D eigenvalue weighted by atomic mass is 15.3. The lowest BCUT2D eigenvalue weighted by Gasteiger charge is -2.33. The van der Waals surface area contributed by atoms with Gasteiger partial charge >= 0.3 is 0 Å². The SMILES string of the molecule is Cc1nc(N[C@@H]2CCCN(c3ncccn3)C2)c2cnn(C)c2n1. The Balaban J connectivity index is 1.57.